The third-order valence-corrected chi connectivity index (χ3v) is 4.44. The summed E-state index contributed by atoms with van der Waals surface area (Å²) in [6, 6.07) is -0.100. The number of nitrogens with zero attached hydrogens (tertiary/aromatic N) is 1. The van der Waals surface area contributed by atoms with Gasteiger partial charge < -0.3 is 14.4 Å². The molecule has 0 aromatic rings. The van der Waals surface area contributed by atoms with Crippen molar-refractivity contribution in [2.75, 3.05) is 31.8 Å². The smallest absolute Gasteiger partial charge is 0.238 e. The normalized spacial score (nSPS) is 30.1. The summed E-state index contributed by atoms with van der Waals surface area (Å²) < 4.78 is 34.0. The average molecular weight is 303 g/mol. The molecule has 114 valence electrons. The summed E-state index contributed by atoms with van der Waals surface area (Å²) in [6.07, 6.45) is 4.13. The Kier molecular flexibility index (Phi) is 4.82. The standard InChI is InChI=1S/C13H21NO5S/c1-3-7-19-13-10-4-5-11(13)18-8-6-14(10)12(15)9-20(2,16)17/h3,10-11,13H,1,4-9H2,2H3. The van der Waals surface area contributed by atoms with Crippen LogP contribution in [0.5, 0.6) is 0 Å². The van der Waals surface area contributed by atoms with Gasteiger partial charge in [0.05, 0.1) is 25.4 Å². The van der Waals surface area contributed by atoms with Gasteiger partial charge in [-0.15, -0.1) is 6.58 Å². The maximum atomic E-state index is 12.2. The highest BCUT2D eigenvalue weighted by molar-refractivity contribution is 7.91. The zero-order valence-corrected chi connectivity index (χ0v) is 12.5. The molecular formula is C13H21NO5S. The molecule has 0 aromatic carbocycles. The number of sulfone groups is 1. The third kappa shape index (κ3) is 3.59. The fraction of sp³-hybridized carbons (Fsp3) is 0.769. The molecule has 2 aliphatic rings. The van der Waals surface area contributed by atoms with Crippen LogP contribution in [0.4, 0.5) is 0 Å². The summed E-state index contributed by atoms with van der Waals surface area (Å²) in [6.45, 7) is 4.86. The summed E-state index contributed by atoms with van der Waals surface area (Å²) in [7, 11) is -3.33. The van der Waals surface area contributed by atoms with Gasteiger partial charge in [-0.1, -0.05) is 6.08 Å². The molecule has 1 aliphatic heterocycles. The highest BCUT2D eigenvalue weighted by atomic mass is 32.2. The van der Waals surface area contributed by atoms with E-state index in [1.807, 2.05) is 0 Å². The molecule has 3 atom stereocenters. The van der Waals surface area contributed by atoms with E-state index in [2.05, 4.69) is 6.58 Å². The van der Waals surface area contributed by atoms with Crippen molar-refractivity contribution >= 4 is 15.7 Å². The van der Waals surface area contributed by atoms with Crippen LogP contribution in [-0.2, 0) is 24.1 Å². The van der Waals surface area contributed by atoms with Crippen LogP contribution in [0, 0.1) is 0 Å². The third-order valence-electron chi connectivity index (χ3n) is 3.67. The van der Waals surface area contributed by atoms with E-state index in [1.54, 1.807) is 11.0 Å². The molecular weight excluding hydrogens is 282 g/mol. The lowest BCUT2D eigenvalue weighted by Gasteiger charge is -2.31. The Morgan fingerprint density at radius 1 is 1.50 bits per heavy atom. The monoisotopic (exact) mass is 303 g/mol. The van der Waals surface area contributed by atoms with Crippen molar-refractivity contribution in [3.05, 3.63) is 12.7 Å². The van der Waals surface area contributed by atoms with Crippen LogP contribution >= 0.6 is 0 Å². The molecule has 1 amide bonds. The number of rotatable bonds is 5. The average Bonchev–Trinajstić information content (AvgIpc) is 2.60. The number of hydrogen-bond donors (Lipinski definition) is 0. The maximum Gasteiger partial charge on any atom is 0.238 e. The first-order chi connectivity index (χ1) is 9.42. The van der Waals surface area contributed by atoms with Crippen LogP contribution in [-0.4, -0.2) is 69.2 Å². The fourth-order valence-corrected chi connectivity index (χ4v) is 3.52. The number of ether oxygens (including phenoxy) is 2. The number of carbonyl (C=O) groups is 1. The summed E-state index contributed by atoms with van der Waals surface area (Å²) >= 11 is 0. The minimum absolute atomic E-state index is 0.0176. The van der Waals surface area contributed by atoms with E-state index < -0.39 is 15.6 Å². The Morgan fingerprint density at radius 2 is 2.25 bits per heavy atom. The molecule has 2 bridgehead atoms. The van der Waals surface area contributed by atoms with Gasteiger partial charge >= 0.3 is 0 Å². The lowest BCUT2D eigenvalue weighted by Crippen LogP contribution is -2.48. The molecule has 2 rings (SSSR count). The van der Waals surface area contributed by atoms with Crippen LogP contribution in [0.1, 0.15) is 12.8 Å². The van der Waals surface area contributed by atoms with Gasteiger partial charge in [0.1, 0.15) is 11.9 Å². The second-order valence-corrected chi connectivity index (χ2v) is 7.44. The summed E-state index contributed by atoms with van der Waals surface area (Å²) in [5.74, 6) is -0.821. The predicted octanol–water partition coefficient (Wildman–Crippen LogP) is -0.00800. The second-order valence-electron chi connectivity index (χ2n) is 5.30. The number of hydrogen-bond acceptors (Lipinski definition) is 5. The molecule has 6 nitrogen and oxygen atoms in total. The van der Waals surface area contributed by atoms with Gasteiger partial charge in [-0.3, -0.25) is 4.79 Å². The number of carbonyl (C=O) groups excluding carboxylic acids is 1. The van der Waals surface area contributed by atoms with Crippen molar-refractivity contribution < 1.29 is 22.7 Å². The van der Waals surface area contributed by atoms with Crippen molar-refractivity contribution in [3.8, 4) is 0 Å². The van der Waals surface area contributed by atoms with Gasteiger partial charge in [-0.25, -0.2) is 8.42 Å². The maximum absolute atomic E-state index is 12.2. The minimum atomic E-state index is -3.33. The van der Waals surface area contributed by atoms with E-state index in [-0.39, 0.29) is 24.2 Å². The number of amides is 1. The first kappa shape index (κ1) is 15.5. The molecule has 0 spiro atoms. The van der Waals surface area contributed by atoms with Gasteiger partial charge in [0.15, 0.2) is 9.84 Å². The predicted molar refractivity (Wildman–Crippen MR) is 74.1 cm³/mol. The quantitative estimate of drug-likeness (QED) is 0.668. The van der Waals surface area contributed by atoms with E-state index in [0.29, 0.717) is 19.8 Å². The molecule has 1 heterocycles. The van der Waals surface area contributed by atoms with E-state index in [4.69, 9.17) is 9.47 Å². The summed E-state index contributed by atoms with van der Waals surface area (Å²) in [5, 5.41) is 0. The van der Waals surface area contributed by atoms with Crippen LogP contribution in [0.25, 0.3) is 0 Å². The molecule has 0 N–H and O–H groups in total. The first-order valence-electron chi connectivity index (χ1n) is 6.73. The van der Waals surface area contributed by atoms with Crippen molar-refractivity contribution in [1.29, 1.82) is 0 Å². The Labute approximate surface area is 119 Å². The van der Waals surface area contributed by atoms with Crippen LogP contribution < -0.4 is 0 Å². The molecule has 1 aliphatic carbocycles. The van der Waals surface area contributed by atoms with Gasteiger partial charge in [0.25, 0.3) is 0 Å². The van der Waals surface area contributed by atoms with Crippen LogP contribution in [0.3, 0.4) is 0 Å². The zero-order chi connectivity index (χ0) is 14.8. The second kappa shape index (κ2) is 6.24. The SMILES string of the molecule is C=CCOC1C2CCC1N(C(=O)CS(C)(=O)=O)CCO2. The van der Waals surface area contributed by atoms with Crippen LogP contribution in [0.15, 0.2) is 12.7 Å². The Morgan fingerprint density at radius 3 is 2.90 bits per heavy atom. The largest absolute Gasteiger partial charge is 0.374 e. The van der Waals surface area contributed by atoms with E-state index in [1.165, 1.54) is 0 Å². The Balaban J connectivity index is 2.12. The zero-order valence-electron chi connectivity index (χ0n) is 11.7. The highest BCUT2D eigenvalue weighted by Crippen LogP contribution is 2.32. The Hall–Kier alpha value is -0.920. The van der Waals surface area contributed by atoms with Crippen molar-refractivity contribution in [3.63, 3.8) is 0 Å². The van der Waals surface area contributed by atoms with Crippen molar-refractivity contribution in [1.82, 2.24) is 4.90 Å². The van der Waals surface area contributed by atoms with Gasteiger partial charge in [0.2, 0.25) is 5.91 Å². The highest BCUT2D eigenvalue weighted by Gasteiger charge is 2.44. The van der Waals surface area contributed by atoms with Crippen LogP contribution in [0.2, 0.25) is 0 Å². The molecule has 7 heteroatoms. The summed E-state index contributed by atoms with van der Waals surface area (Å²) in [4.78, 5) is 13.8. The molecule has 20 heavy (non-hydrogen) atoms. The fourth-order valence-electron chi connectivity index (χ4n) is 2.91. The van der Waals surface area contributed by atoms with Gasteiger partial charge in [-0.2, -0.15) is 0 Å². The molecule has 3 unspecified atom stereocenters. The number of fused-ring (bicyclic) bond motifs is 2. The topological polar surface area (TPSA) is 72.9 Å². The molecule has 0 radical (unpaired) electrons. The lowest BCUT2D eigenvalue weighted by molar-refractivity contribution is -0.132. The van der Waals surface area contributed by atoms with Gasteiger partial charge in [0, 0.05) is 12.8 Å². The van der Waals surface area contributed by atoms with Crippen molar-refractivity contribution in [2.45, 2.75) is 31.1 Å². The Bertz CT molecular complexity index is 475. The van der Waals surface area contributed by atoms with E-state index >= 15 is 0 Å². The van der Waals surface area contributed by atoms with E-state index in [9.17, 15) is 13.2 Å². The molecule has 1 saturated heterocycles. The van der Waals surface area contributed by atoms with Gasteiger partial charge in [-0.05, 0) is 12.8 Å². The summed E-state index contributed by atoms with van der Waals surface area (Å²) in [5.41, 5.74) is 0. The lowest BCUT2D eigenvalue weighted by atomic mass is 10.1. The molecule has 1 saturated carbocycles. The van der Waals surface area contributed by atoms with Crippen molar-refractivity contribution in [2.24, 2.45) is 0 Å². The molecule has 0 aromatic heterocycles. The first-order valence-corrected chi connectivity index (χ1v) is 8.79. The minimum Gasteiger partial charge on any atom is -0.374 e. The van der Waals surface area contributed by atoms with E-state index in [0.717, 1.165) is 19.1 Å². The molecule has 2 fully saturated rings.